The topological polar surface area (TPSA) is 32.3 Å². The van der Waals surface area contributed by atoms with Crippen LogP contribution < -0.4 is 5.32 Å². The Balaban J connectivity index is 2.15. The Morgan fingerprint density at radius 1 is 1.42 bits per heavy atom. The lowest BCUT2D eigenvalue weighted by atomic mass is 10.2. The third-order valence-electron chi connectivity index (χ3n) is 2.16. The van der Waals surface area contributed by atoms with E-state index in [0.717, 1.165) is 11.3 Å². The predicted molar refractivity (Wildman–Crippen MR) is 49.5 cm³/mol. The second-order valence-electron chi connectivity index (χ2n) is 3.42. The summed E-state index contributed by atoms with van der Waals surface area (Å²) >= 11 is 0. The molecule has 0 spiro atoms. The Labute approximate surface area is 72.2 Å². The first-order valence-corrected chi connectivity index (χ1v) is 4.32. The summed E-state index contributed by atoms with van der Waals surface area (Å²) < 4.78 is 0. The highest BCUT2D eigenvalue weighted by Crippen LogP contribution is 2.27. The van der Waals surface area contributed by atoms with Gasteiger partial charge in [0.1, 0.15) is 5.75 Å². The van der Waals surface area contributed by atoms with E-state index in [2.05, 4.69) is 5.32 Å². The molecule has 0 aromatic heterocycles. The number of rotatable bonds is 2. The highest BCUT2D eigenvalue weighted by atomic mass is 16.3. The van der Waals surface area contributed by atoms with Crippen LogP contribution in [0.5, 0.6) is 5.75 Å². The molecular formula is C10H13NO. The molecule has 0 aliphatic heterocycles. The largest absolute Gasteiger partial charge is 0.508 e. The average Bonchev–Trinajstić information content (AvgIpc) is 2.81. The minimum Gasteiger partial charge on any atom is -0.508 e. The quantitative estimate of drug-likeness (QED) is 0.701. The van der Waals surface area contributed by atoms with Gasteiger partial charge in [-0.15, -0.1) is 0 Å². The molecule has 0 saturated heterocycles. The number of nitrogens with one attached hydrogen (secondary N) is 1. The van der Waals surface area contributed by atoms with Crippen molar-refractivity contribution in [1.82, 2.24) is 0 Å². The van der Waals surface area contributed by atoms with E-state index in [1.165, 1.54) is 12.8 Å². The van der Waals surface area contributed by atoms with Crippen LogP contribution in [0.25, 0.3) is 0 Å². The van der Waals surface area contributed by atoms with Gasteiger partial charge in [0.25, 0.3) is 0 Å². The van der Waals surface area contributed by atoms with Crippen molar-refractivity contribution in [1.29, 1.82) is 0 Å². The van der Waals surface area contributed by atoms with Crippen molar-refractivity contribution in [3.05, 3.63) is 23.8 Å². The van der Waals surface area contributed by atoms with Gasteiger partial charge < -0.3 is 10.4 Å². The molecule has 1 aliphatic rings. The van der Waals surface area contributed by atoms with Crippen LogP contribution in [0.3, 0.4) is 0 Å². The number of benzene rings is 1. The SMILES string of the molecule is Cc1ccc(NC2CC2)cc1O. The summed E-state index contributed by atoms with van der Waals surface area (Å²) in [4.78, 5) is 0. The van der Waals surface area contributed by atoms with Gasteiger partial charge in [0.05, 0.1) is 0 Å². The van der Waals surface area contributed by atoms with Gasteiger partial charge in [-0.05, 0) is 31.4 Å². The molecule has 2 rings (SSSR count). The standard InChI is InChI=1S/C10H13NO/c1-7-2-3-9(6-10(7)12)11-8-4-5-8/h2-3,6,8,11-12H,4-5H2,1H3. The molecule has 2 nitrogen and oxygen atoms in total. The first kappa shape index (κ1) is 7.47. The third kappa shape index (κ3) is 1.52. The van der Waals surface area contributed by atoms with Crippen molar-refractivity contribution in [2.75, 3.05) is 5.32 Å². The first-order valence-electron chi connectivity index (χ1n) is 4.32. The highest BCUT2D eigenvalue weighted by molar-refractivity contribution is 5.52. The van der Waals surface area contributed by atoms with E-state index in [-0.39, 0.29) is 0 Å². The minimum absolute atomic E-state index is 0.376. The Hall–Kier alpha value is -1.18. The third-order valence-corrected chi connectivity index (χ3v) is 2.16. The Bertz CT molecular complexity index is 292. The van der Waals surface area contributed by atoms with Crippen molar-refractivity contribution >= 4 is 5.69 Å². The lowest BCUT2D eigenvalue weighted by Gasteiger charge is -2.05. The average molecular weight is 163 g/mol. The maximum atomic E-state index is 9.39. The van der Waals surface area contributed by atoms with Crippen molar-refractivity contribution in [3.63, 3.8) is 0 Å². The van der Waals surface area contributed by atoms with Gasteiger partial charge in [-0.1, -0.05) is 6.07 Å². The van der Waals surface area contributed by atoms with E-state index >= 15 is 0 Å². The van der Waals surface area contributed by atoms with Gasteiger partial charge in [-0.3, -0.25) is 0 Å². The lowest BCUT2D eigenvalue weighted by Crippen LogP contribution is -2.00. The molecule has 0 atom stereocenters. The van der Waals surface area contributed by atoms with Crippen LogP contribution in [0.4, 0.5) is 5.69 Å². The van der Waals surface area contributed by atoms with Gasteiger partial charge >= 0.3 is 0 Å². The first-order chi connectivity index (χ1) is 5.75. The van der Waals surface area contributed by atoms with Crippen molar-refractivity contribution < 1.29 is 5.11 Å². The zero-order valence-corrected chi connectivity index (χ0v) is 7.17. The molecule has 0 bridgehead atoms. The summed E-state index contributed by atoms with van der Waals surface area (Å²) in [6.07, 6.45) is 2.52. The van der Waals surface area contributed by atoms with Crippen LogP contribution in [-0.2, 0) is 0 Å². The number of hydrogen-bond acceptors (Lipinski definition) is 2. The smallest absolute Gasteiger partial charge is 0.120 e. The molecule has 2 N–H and O–H groups in total. The number of hydrogen-bond donors (Lipinski definition) is 2. The van der Waals surface area contributed by atoms with E-state index in [9.17, 15) is 5.11 Å². The molecule has 1 aliphatic carbocycles. The molecular weight excluding hydrogens is 150 g/mol. The van der Waals surface area contributed by atoms with Crippen LogP contribution in [0.1, 0.15) is 18.4 Å². The van der Waals surface area contributed by atoms with Crippen LogP contribution in [0.15, 0.2) is 18.2 Å². The molecule has 0 heterocycles. The van der Waals surface area contributed by atoms with Crippen molar-refractivity contribution in [2.45, 2.75) is 25.8 Å². The fraction of sp³-hybridized carbons (Fsp3) is 0.400. The fourth-order valence-corrected chi connectivity index (χ4v) is 1.16. The Morgan fingerprint density at radius 2 is 2.17 bits per heavy atom. The maximum Gasteiger partial charge on any atom is 0.120 e. The second-order valence-corrected chi connectivity index (χ2v) is 3.42. The van der Waals surface area contributed by atoms with Crippen LogP contribution in [-0.4, -0.2) is 11.1 Å². The second kappa shape index (κ2) is 2.70. The lowest BCUT2D eigenvalue weighted by molar-refractivity contribution is 0.471. The normalized spacial score (nSPS) is 16.1. The summed E-state index contributed by atoms with van der Waals surface area (Å²) in [5.41, 5.74) is 1.96. The predicted octanol–water partition coefficient (Wildman–Crippen LogP) is 2.27. The van der Waals surface area contributed by atoms with E-state index < -0.39 is 0 Å². The van der Waals surface area contributed by atoms with Crippen molar-refractivity contribution in [3.8, 4) is 5.75 Å². The maximum absolute atomic E-state index is 9.39. The number of phenols is 1. The molecule has 0 amide bonds. The van der Waals surface area contributed by atoms with Gasteiger partial charge in [0, 0.05) is 17.8 Å². The molecule has 12 heavy (non-hydrogen) atoms. The number of aromatic hydroxyl groups is 1. The molecule has 1 fully saturated rings. The molecule has 64 valence electrons. The van der Waals surface area contributed by atoms with Gasteiger partial charge in [0.15, 0.2) is 0 Å². The number of aryl methyl sites for hydroxylation is 1. The number of phenolic OH excluding ortho intramolecular Hbond substituents is 1. The van der Waals surface area contributed by atoms with E-state index in [1.54, 1.807) is 6.07 Å². The molecule has 1 aromatic rings. The monoisotopic (exact) mass is 163 g/mol. The fourth-order valence-electron chi connectivity index (χ4n) is 1.16. The summed E-state index contributed by atoms with van der Waals surface area (Å²) in [5, 5.41) is 12.7. The van der Waals surface area contributed by atoms with Gasteiger partial charge in [-0.25, -0.2) is 0 Å². The molecule has 0 unspecified atom stereocenters. The van der Waals surface area contributed by atoms with Gasteiger partial charge in [0.2, 0.25) is 0 Å². The number of anilines is 1. The summed E-state index contributed by atoms with van der Waals surface area (Å²) in [6.45, 7) is 1.90. The van der Waals surface area contributed by atoms with Crippen LogP contribution >= 0.6 is 0 Å². The zero-order valence-electron chi connectivity index (χ0n) is 7.17. The summed E-state index contributed by atoms with van der Waals surface area (Å²) in [7, 11) is 0. The van der Waals surface area contributed by atoms with Crippen molar-refractivity contribution in [2.24, 2.45) is 0 Å². The summed E-state index contributed by atoms with van der Waals surface area (Å²) in [5.74, 6) is 0.376. The molecule has 1 aromatic carbocycles. The van der Waals surface area contributed by atoms with E-state index in [0.29, 0.717) is 11.8 Å². The zero-order chi connectivity index (χ0) is 8.55. The Kier molecular flexibility index (Phi) is 1.68. The Morgan fingerprint density at radius 3 is 2.75 bits per heavy atom. The van der Waals surface area contributed by atoms with Crippen LogP contribution in [0.2, 0.25) is 0 Å². The molecule has 1 saturated carbocycles. The van der Waals surface area contributed by atoms with Gasteiger partial charge in [-0.2, -0.15) is 0 Å². The summed E-state index contributed by atoms with van der Waals surface area (Å²) in [6, 6.07) is 6.37. The molecule has 0 radical (unpaired) electrons. The highest BCUT2D eigenvalue weighted by Gasteiger charge is 2.20. The molecule has 2 heteroatoms. The van der Waals surface area contributed by atoms with Crippen LogP contribution in [0, 0.1) is 6.92 Å². The van der Waals surface area contributed by atoms with E-state index in [4.69, 9.17) is 0 Å². The minimum atomic E-state index is 0.376. The van der Waals surface area contributed by atoms with E-state index in [1.807, 2.05) is 19.1 Å².